The molecule has 0 fully saturated rings. The zero-order valence-corrected chi connectivity index (χ0v) is 30.6. The Morgan fingerprint density at radius 3 is 0.891 bits per heavy atom. The van der Waals surface area contributed by atoms with Gasteiger partial charge in [-0.3, -0.25) is 0 Å². The molecule has 1 N–H and O–H groups in total. The average Bonchev–Trinajstić information content (AvgIpc) is 3.12. The highest BCUT2D eigenvalue weighted by Crippen LogP contribution is 2.28. The predicted molar refractivity (Wildman–Crippen MR) is 201 cm³/mol. The summed E-state index contributed by atoms with van der Waals surface area (Å²) in [7, 11) is -12.9. The summed E-state index contributed by atoms with van der Waals surface area (Å²) in [5, 5.41) is 5.96. The van der Waals surface area contributed by atoms with Gasteiger partial charge in [0.05, 0.1) is 7.59 Å². The molecule has 0 aliphatic heterocycles. The van der Waals surface area contributed by atoms with Crippen molar-refractivity contribution in [1.29, 1.82) is 0 Å². The van der Waals surface area contributed by atoms with Crippen LogP contribution in [0.4, 0.5) is 0 Å². The topological polar surface area (TPSA) is 38.7 Å². The van der Waals surface area contributed by atoms with E-state index in [4.69, 9.17) is 8.23 Å². The largest absolute Gasteiger partial charge is 0.424 e. The molecule has 230 valence electrons. The van der Waals surface area contributed by atoms with Crippen molar-refractivity contribution >= 4 is 63.7 Å². The number of rotatable bonds is 11. The summed E-state index contributed by atoms with van der Waals surface area (Å²) in [4.78, 5) is 13.3. The van der Waals surface area contributed by atoms with E-state index < -0.39 is 32.5 Å². The van der Waals surface area contributed by atoms with Crippen molar-refractivity contribution in [2.24, 2.45) is 0 Å². The lowest BCUT2D eigenvalue weighted by Gasteiger charge is -2.49. The van der Waals surface area contributed by atoms with E-state index in [-0.39, 0.29) is 0 Å². The lowest BCUT2D eigenvalue weighted by molar-refractivity contribution is 0.355. The fraction of sp³-hybridized carbons (Fsp3) is 0.0769. The smallest absolute Gasteiger partial charge is 0.396 e. The van der Waals surface area contributed by atoms with Gasteiger partial charge in [-0.05, 0) is 31.1 Å². The molecule has 0 aliphatic rings. The van der Waals surface area contributed by atoms with Crippen LogP contribution < -0.4 is 31.1 Å². The third-order valence-electron chi connectivity index (χ3n) is 8.64. The van der Waals surface area contributed by atoms with Gasteiger partial charge in [-0.25, -0.2) is 0 Å². The molecule has 0 saturated heterocycles. The van der Waals surface area contributed by atoms with Crippen LogP contribution in [0.5, 0.6) is 0 Å². The Balaban J connectivity index is 1.73. The SMILES string of the molecule is C[Si](C)(C)[Si](O[Si](O[Si](O)(c1ccccc1)c1ccccc1)(c1ccccc1)c1ccccc1)(c1ccccc1)c1ccccc1. The molecule has 0 aliphatic carbocycles. The first-order chi connectivity index (χ1) is 22.3. The summed E-state index contributed by atoms with van der Waals surface area (Å²) < 4.78 is 16.0. The van der Waals surface area contributed by atoms with Gasteiger partial charge in [-0.1, -0.05) is 202 Å². The Labute approximate surface area is 277 Å². The van der Waals surface area contributed by atoms with Crippen LogP contribution in [0, 0.1) is 0 Å². The van der Waals surface area contributed by atoms with E-state index in [1.165, 1.54) is 10.4 Å². The first kappa shape index (κ1) is 32.0. The van der Waals surface area contributed by atoms with E-state index in [0.717, 1.165) is 20.7 Å². The Bertz CT molecular complexity index is 1700. The molecule has 6 aromatic rings. The summed E-state index contributed by atoms with van der Waals surface area (Å²) in [5.41, 5.74) is 0. The summed E-state index contributed by atoms with van der Waals surface area (Å²) >= 11 is 0. The van der Waals surface area contributed by atoms with Crippen molar-refractivity contribution in [2.45, 2.75) is 19.6 Å². The van der Waals surface area contributed by atoms with E-state index in [1.807, 2.05) is 72.8 Å². The van der Waals surface area contributed by atoms with E-state index >= 15 is 0 Å². The van der Waals surface area contributed by atoms with Gasteiger partial charge in [0.2, 0.25) is 7.83 Å². The second kappa shape index (κ2) is 13.4. The predicted octanol–water partition coefficient (Wildman–Crippen LogP) is 4.70. The number of hydrogen-bond acceptors (Lipinski definition) is 3. The van der Waals surface area contributed by atoms with Gasteiger partial charge in [-0.15, -0.1) is 0 Å². The van der Waals surface area contributed by atoms with Crippen molar-refractivity contribution in [3.05, 3.63) is 182 Å². The fourth-order valence-corrected chi connectivity index (χ4v) is 32.2. The Kier molecular flexibility index (Phi) is 9.35. The molecule has 0 aromatic heterocycles. The van der Waals surface area contributed by atoms with Crippen LogP contribution >= 0.6 is 0 Å². The highest BCUT2D eigenvalue weighted by atomic mass is 29.3. The molecular weight excluding hydrogens is 629 g/mol. The van der Waals surface area contributed by atoms with Crippen molar-refractivity contribution < 1.29 is 13.0 Å². The van der Waals surface area contributed by atoms with Crippen molar-refractivity contribution in [2.75, 3.05) is 0 Å². The second-order valence-corrected chi connectivity index (χ2v) is 32.7. The van der Waals surface area contributed by atoms with Crippen LogP contribution in [0.25, 0.3) is 0 Å². The molecule has 3 nitrogen and oxygen atoms in total. The minimum Gasteiger partial charge on any atom is -0.424 e. The van der Waals surface area contributed by atoms with Gasteiger partial charge in [0.25, 0.3) is 0 Å². The third-order valence-corrected chi connectivity index (χ3v) is 31.2. The Morgan fingerprint density at radius 1 is 0.348 bits per heavy atom. The maximum Gasteiger partial charge on any atom is 0.396 e. The second-order valence-electron chi connectivity index (χ2n) is 12.6. The molecule has 0 radical (unpaired) electrons. The van der Waals surface area contributed by atoms with Gasteiger partial charge < -0.3 is 13.0 Å². The average molecular weight is 669 g/mol. The standard InChI is InChI=1S/C39H40O3Si4/c1-43(2,3)46(38-30-18-8-19-31-38,39-32-20-9-21-33-39)42-45(36-26-14-6-15-27-36,37-28-16-7-17-29-37)41-44(40,34-22-10-4-11-23-34)35-24-12-5-13-25-35/h4-33,40H,1-3H3. The van der Waals surface area contributed by atoms with Gasteiger partial charge in [-0.2, -0.15) is 0 Å². The molecule has 46 heavy (non-hydrogen) atoms. The molecule has 0 saturated carbocycles. The zero-order chi connectivity index (χ0) is 32.1. The van der Waals surface area contributed by atoms with E-state index in [2.05, 4.69) is 129 Å². The minimum absolute atomic E-state index is 0.785. The number of benzene rings is 6. The monoisotopic (exact) mass is 668 g/mol. The molecule has 0 heterocycles. The van der Waals surface area contributed by atoms with Gasteiger partial charge in [0.15, 0.2) is 0 Å². The zero-order valence-electron chi connectivity index (χ0n) is 26.6. The molecule has 0 spiro atoms. The summed E-state index contributed by atoms with van der Waals surface area (Å²) in [5.74, 6) is 0. The van der Waals surface area contributed by atoms with Crippen LogP contribution in [0.3, 0.4) is 0 Å². The van der Waals surface area contributed by atoms with Crippen molar-refractivity contribution in [1.82, 2.24) is 0 Å². The molecule has 6 rings (SSSR count). The Hall–Kier alpha value is -3.93. The third kappa shape index (κ3) is 5.99. The van der Waals surface area contributed by atoms with Crippen LogP contribution in [-0.4, -0.2) is 37.3 Å². The van der Waals surface area contributed by atoms with Crippen LogP contribution in [0.15, 0.2) is 182 Å². The molecule has 0 unspecified atom stereocenters. The van der Waals surface area contributed by atoms with Crippen molar-refractivity contribution in [3.8, 4) is 0 Å². The lowest BCUT2D eigenvalue weighted by Crippen LogP contribution is -2.84. The van der Waals surface area contributed by atoms with Crippen LogP contribution in [-0.2, 0) is 8.23 Å². The van der Waals surface area contributed by atoms with E-state index in [0.29, 0.717) is 0 Å². The van der Waals surface area contributed by atoms with Gasteiger partial charge >= 0.3 is 17.1 Å². The summed E-state index contributed by atoms with van der Waals surface area (Å²) in [6.07, 6.45) is 0. The molecule has 0 amide bonds. The first-order valence-electron chi connectivity index (χ1n) is 15.8. The van der Waals surface area contributed by atoms with E-state index in [9.17, 15) is 4.80 Å². The summed E-state index contributed by atoms with van der Waals surface area (Å²) in [6.45, 7) is 7.27. The molecule has 6 aromatic carbocycles. The molecule has 7 heteroatoms. The lowest BCUT2D eigenvalue weighted by atomic mass is 10.4. The first-order valence-corrected chi connectivity index (χ1v) is 25.8. The normalized spacial score (nSPS) is 12.5. The quantitative estimate of drug-likeness (QED) is 0.204. The highest BCUT2D eigenvalue weighted by molar-refractivity contribution is 7.49. The van der Waals surface area contributed by atoms with Crippen molar-refractivity contribution in [3.63, 3.8) is 0 Å². The van der Waals surface area contributed by atoms with Crippen LogP contribution in [0.1, 0.15) is 0 Å². The maximum atomic E-state index is 13.3. The molecular formula is C39H40O3Si4. The number of hydrogen-bond donors (Lipinski definition) is 1. The summed E-state index contributed by atoms with van der Waals surface area (Å²) in [6, 6.07) is 62.2. The van der Waals surface area contributed by atoms with Gasteiger partial charge in [0, 0.05) is 0 Å². The minimum atomic E-state index is -3.89. The maximum absolute atomic E-state index is 13.3. The van der Waals surface area contributed by atoms with Crippen LogP contribution in [0.2, 0.25) is 19.6 Å². The van der Waals surface area contributed by atoms with E-state index in [1.54, 1.807) is 0 Å². The fourth-order valence-electron chi connectivity index (χ4n) is 6.42. The highest BCUT2D eigenvalue weighted by Gasteiger charge is 2.61. The molecule has 0 atom stereocenters. The van der Waals surface area contributed by atoms with Gasteiger partial charge in [0.1, 0.15) is 0 Å². The molecule has 0 bridgehead atoms. The Morgan fingerprint density at radius 2 is 0.609 bits per heavy atom.